The topological polar surface area (TPSA) is 36.9 Å². The predicted octanol–water partition coefficient (Wildman–Crippen LogP) is 4.13. The summed E-state index contributed by atoms with van der Waals surface area (Å²) >= 11 is 0. The van der Waals surface area contributed by atoms with Gasteiger partial charge in [0.05, 0.1) is 28.4 Å². The van der Waals surface area contributed by atoms with Crippen LogP contribution in [0, 0.1) is 37.5 Å². The summed E-state index contributed by atoms with van der Waals surface area (Å²) in [6, 6.07) is 7.83. The molecule has 0 aliphatic carbocycles. The van der Waals surface area contributed by atoms with Crippen LogP contribution >= 0.6 is 0 Å². The van der Waals surface area contributed by atoms with E-state index in [1.165, 1.54) is 0 Å². The third kappa shape index (κ3) is 5.15. The van der Waals surface area contributed by atoms with Crippen LogP contribution in [0.1, 0.15) is 22.3 Å². The van der Waals surface area contributed by atoms with Crippen LogP contribution in [-0.4, -0.2) is 28.4 Å². The molecular weight excluding hydrogens is 352 g/mol. The molecule has 28 heavy (non-hydrogen) atoms. The van der Waals surface area contributed by atoms with Crippen LogP contribution in [0.25, 0.3) is 0 Å². The summed E-state index contributed by atoms with van der Waals surface area (Å²) in [6.07, 6.45) is 1.08. The largest absolute Gasteiger partial charge is 0.496 e. The SMILES string of the molecule is COc1cc(CC#CC#CCc2cc(OC)c(C)cc2OC)c(OC)cc1C. The Bertz CT molecular complexity index is 873. The fourth-order valence-corrected chi connectivity index (χ4v) is 2.87. The molecule has 0 unspecified atom stereocenters. The van der Waals surface area contributed by atoms with Gasteiger partial charge in [0.15, 0.2) is 0 Å². The van der Waals surface area contributed by atoms with Crippen LogP contribution in [-0.2, 0) is 12.8 Å². The van der Waals surface area contributed by atoms with Crippen molar-refractivity contribution in [1.29, 1.82) is 0 Å². The van der Waals surface area contributed by atoms with Gasteiger partial charge in [0, 0.05) is 24.0 Å². The van der Waals surface area contributed by atoms with Crippen LogP contribution in [0.15, 0.2) is 24.3 Å². The average molecular weight is 378 g/mol. The monoisotopic (exact) mass is 378 g/mol. The fourth-order valence-electron chi connectivity index (χ4n) is 2.87. The van der Waals surface area contributed by atoms with Crippen molar-refractivity contribution < 1.29 is 18.9 Å². The number of ether oxygens (including phenoxy) is 4. The third-order valence-electron chi connectivity index (χ3n) is 4.39. The second-order valence-corrected chi connectivity index (χ2v) is 6.22. The van der Waals surface area contributed by atoms with Crippen molar-refractivity contribution in [3.05, 3.63) is 46.5 Å². The zero-order valence-corrected chi connectivity index (χ0v) is 17.4. The first-order valence-electron chi connectivity index (χ1n) is 8.92. The Morgan fingerprint density at radius 3 is 1.25 bits per heavy atom. The Morgan fingerprint density at radius 1 is 0.571 bits per heavy atom. The minimum Gasteiger partial charge on any atom is -0.496 e. The molecule has 146 valence electrons. The number of benzene rings is 2. The summed E-state index contributed by atoms with van der Waals surface area (Å²) < 4.78 is 21.6. The Hall–Kier alpha value is -3.24. The molecule has 0 aliphatic heterocycles. The van der Waals surface area contributed by atoms with Crippen molar-refractivity contribution in [2.75, 3.05) is 28.4 Å². The highest BCUT2D eigenvalue weighted by molar-refractivity contribution is 5.49. The first-order chi connectivity index (χ1) is 13.5. The maximum absolute atomic E-state index is 5.43. The third-order valence-corrected chi connectivity index (χ3v) is 4.39. The fraction of sp³-hybridized carbons (Fsp3) is 0.333. The molecule has 4 heteroatoms. The van der Waals surface area contributed by atoms with Gasteiger partial charge in [-0.05, 0) is 61.1 Å². The average Bonchev–Trinajstić information content (AvgIpc) is 2.71. The van der Waals surface area contributed by atoms with E-state index in [1.54, 1.807) is 28.4 Å². The van der Waals surface area contributed by atoms with E-state index in [1.807, 2.05) is 38.1 Å². The van der Waals surface area contributed by atoms with Crippen LogP contribution in [0.3, 0.4) is 0 Å². The van der Waals surface area contributed by atoms with E-state index in [9.17, 15) is 0 Å². The predicted molar refractivity (Wildman–Crippen MR) is 112 cm³/mol. The molecule has 4 nitrogen and oxygen atoms in total. The maximum atomic E-state index is 5.43. The minimum atomic E-state index is 0.538. The second kappa shape index (κ2) is 10.2. The molecular formula is C24H26O4. The second-order valence-electron chi connectivity index (χ2n) is 6.22. The van der Waals surface area contributed by atoms with Gasteiger partial charge >= 0.3 is 0 Å². The molecule has 0 saturated carbocycles. The quantitative estimate of drug-likeness (QED) is 0.709. The normalized spacial score (nSPS) is 9.50. The first kappa shape index (κ1) is 21.1. The number of hydrogen-bond donors (Lipinski definition) is 0. The van der Waals surface area contributed by atoms with Crippen molar-refractivity contribution in [1.82, 2.24) is 0 Å². The molecule has 0 atom stereocenters. The van der Waals surface area contributed by atoms with E-state index in [0.717, 1.165) is 45.3 Å². The summed E-state index contributed by atoms with van der Waals surface area (Å²) in [4.78, 5) is 0. The van der Waals surface area contributed by atoms with E-state index >= 15 is 0 Å². The summed E-state index contributed by atoms with van der Waals surface area (Å²) in [7, 11) is 6.62. The molecule has 0 spiro atoms. The highest BCUT2D eigenvalue weighted by atomic mass is 16.5. The van der Waals surface area contributed by atoms with Crippen LogP contribution < -0.4 is 18.9 Å². The van der Waals surface area contributed by atoms with Gasteiger partial charge in [-0.15, -0.1) is 0 Å². The van der Waals surface area contributed by atoms with Crippen molar-refractivity contribution in [3.63, 3.8) is 0 Å². The molecule has 0 heterocycles. The molecule has 0 fully saturated rings. The smallest absolute Gasteiger partial charge is 0.123 e. The summed E-state index contributed by atoms with van der Waals surface area (Å²) in [5.41, 5.74) is 4.00. The van der Waals surface area contributed by atoms with Gasteiger partial charge < -0.3 is 18.9 Å². The first-order valence-corrected chi connectivity index (χ1v) is 8.92. The van der Waals surface area contributed by atoms with Crippen molar-refractivity contribution in [3.8, 4) is 46.7 Å². The van der Waals surface area contributed by atoms with Crippen LogP contribution in [0.4, 0.5) is 0 Å². The highest BCUT2D eigenvalue weighted by Crippen LogP contribution is 2.29. The Morgan fingerprint density at radius 2 is 0.929 bits per heavy atom. The van der Waals surface area contributed by atoms with Gasteiger partial charge in [-0.1, -0.05) is 11.8 Å². The molecule has 2 rings (SSSR count). The zero-order chi connectivity index (χ0) is 20.5. The van der Waals surface area contributed by atoms with E-state index in [0.29, 0.717) is 12.8 Å². The summed E-state index contributed by atoms with van der Waals surface area (Å²) in [6.45, 7) is 3.97. The maximum Gasteiger partial charge on any atom is 0.123 e. The number of rotatable bonds is 6. The van der Waals surface area contributed by atoms with Crippen LogP contribution in [0.5, 0.6) is 23.0 Å². The van der Waals surface area contributed by atoms with E-state index in [4.69, 9.17) is 18.9 Å². The minimum absolute atomic E-state index is 0.538. The van der Waals surface area contributed by atoms with Gasteiger partial charge in [-0.2, -0.15) is 0 Å². The van der Waals surface area contributed by atoms with Crippen LogP contribution in [0.2, 0.25) is 0 Å². The molecule has 0 radical (unpaired) electrons. The van der Waals surface area contributed by atoms with Crippen molar-refractivity contribution in [2.45, 2.75) is 26.7 Å². The van der Waals surface area contributed by atoms with Gasteiger partial charge in [0.2, 0.25) is 0 Å². The van der Waals surface area contributed by atoms with Gasteiger partial charge in [0.25, 0.3) is 0 Å². The lowest BCUT2D eigenvalue weighted by atomic mass is 10.1. The summed E-state index contributed by atoms with van der Waals surface area (Å²) in [5.74, 6) is 15.2. The number of aryl methyl sites for hydroxylation is 2. The van der Waals surface area contributed by atoms with E-state index in [2.05, 4.69) is 23.7 Å². The Labute approximate surface area is 167 Å². The van der Waals surface area contributed by atoms with Crippen molar-refractivity contribution in [2.24, 2.45) is 0 Å². The Kier molecular flexibility index (Phi) is 7.66. The standard InChI is InChI=1S/C24H26O4/c1-17-13-23(27-5)19(15-21(17)25-3)11-9-7-8-10-12-20-16-22(26-4)18(2)14-24(20)28-6/h13-16H,11-12H2,1-6H3. The van der Waals surface area contributed by atoms with Crippen molar-refractivity contribution >= 4 is 0 Å². The highest BCUT2D eigenvalue weighted by Gasteiger charge is 2.08. The number of hydrogen-bond acceptors (Lipinski definition) is 4. The summed E-state index contributed by atoms with van der Waals surface area (Å²) in [5, 5.41) is 0. The molecule has 0 aromatic heterocycles. The molecule has 2 aromatic rings. The van der Waals surface area contributed by atoms with E-state index in [-0.39, 0.29) is 0 Å². The lowest BCUT2D eigenvalue weighted by Gasteiger charge is -2.11. The lowest BCUT2D eigenvalue weighted by molar-refractivity contribution is 0.397. The lowest BCUT2D eigenvalue weighted by Crippen LogP contribution is -1.95. The molecule has 0 amide bonds. The molecule has 0 N–H and O–H groups in total. The number of methoxy groups -OCH3 is 4. The zero-order valence-electron chi connectivity index (χ0n) is 17.4. The van der Waals surface area contributed by atoms with Gasteiger partial charge in [-0.3, -0.25) is 0 Å². The molecule has 2 aromatic carbocycles. The molecule has 0 bridgehead atoms. The Balaban J connectivity index is 2.11. The van der Waals surface area contributed by atoms with Gasteiger partial charge in [0.1, 0.15) is 23.0 Å². The molecule has 0 saturated heterocycles. The van der Waals surface area contributed by atoms with Gasteiger partial charge in [-0.25, -0.2) is 0 Å². The van der Waals surface area contributed by atoms with E-state index < -0.39 is 0 Å². The molecule has 0 aliphatic rings.